The lowest BCUT2D eigenvalue weighted by Crippen LogP contribution is -2.52. The average molecular weight is 395 g/mol. The first-order valence-corrected chi connectivity index (χ1v) is 8.94. The van der Waals surface area contributed by atoms with Crippen LogP contribution in [0.25, 0.3) is 0 Å². The molecule has 0 saturated heterocycles. The van der Waals surface area contributed by atoms with Crippen LogP contribution < -0.4 is 15.0 Å². The highest BCUT2D eigenvalue weighted by Crippen LogP contribution is 2.41. The Bertz CT molecular complexity index is 765. The van der Waals surface area contributed by atoms with Crippen LogP contribution in [0.3, 0.4) is 0 Å². The van der Waals surface area contributed by atoms with Gasteiger partial charge in [0.15, 0.2) is 0 Å². The minimum atomic E-state index is -0.689. The summed E-state index contributed by atoms with van der Waals surface area (Å²) >= 11 is 0. The van der Waals surface area contributed by atoms with Crippen LogP contribution >= 0.6 is 12.4 Å². The Balaban J connectivity index is 0.00000261. The molecule has 1 unspecified atom stereocenters. The first-order valence-electron chi connectivity index (χ1n) is 8.94. The fourth-order valence-electron chi connectivity index (χ4n) is 3.31. The number of rotatable bonds is 5. The number of benzene rings is 2. The van der Waals surface area contributed by atoms with Crippen molar-refractivity contribution in [2.24, 2.45) is 0 Å². The van der Waals surface area contributed by atoms with E-state index in [9.17, 15) is 9.50 Å². The summed E-state index contributed by atoms with van der Waals surface area (Å²) in [6.07, 6.45) is 0.0871. The molecule has 27 heavy (non-hydrogen) atoms. The van der Waals surface area contributed by atoms with Crippen LogP contribution in [0.2, 0.25) is 0 Å². The van der Waals surface area contributed by atoms with Crippen molar-refractivity contribution in [3.05, 3.63) is 59.4 Å². The van der Waals surface area contributed by atoms with E-state index >= 15 is 0 Å². The third-order valence-corrected chi connectivity index (χ3v) is 4.94. The van der Waals surface area contributed by atoms with Crippen LogP contribution in [-0.4, -0.2) is 37.5 Å². The molecule has 148 valence electrons. The van der Waals surface area contributed by atoms with Gasteiger partial charge >= 0.3 is 0 Å². The van der Waals surface area contributed by atoms with E-state index in [1.165, 1.54) is 12.1 Å². The van der Waals surface area contributed by atoms with Crippen molar-refractivity contribution in [1.29, 1.82) is 0 Å². The number of halogens is 2. The molecule has 0 aromatic heterocycles. The van der Waals surface area contributed by atoms with Gasteiger partial charge < -0.3 is 20.1 Å². The van der Waals surface area contributed by atoms with Crippen molar-refractivity contribution < 1.29 is 14.2 Å². The van der Waals surface area contributed by atoms with Gasteiger partial charge in [-0.2, -0.15) is 0 Å². The molecular weight excluding hydrogens is 367 g/mol. The first-order chi connectivity index (χ1) is 12.3. The summed E-state index contributed by atoms with van der Waals surface area (Å²) in [4.78, 5) is 2.03. The molecule has 2 aromatic rings. The maximum absolute atomic E-state index is 13.0. The maximum Gasteiger partial charge on any atom is 0.131 e. The Morgan fingerprint density at radius 3 is 2.44 bits per heavy atom. The standard InChI is InChI=1S/C21H27FN2O2.ClH/c1-21(2)20(25)19(23-12-11-14-5-7-15(22)8-6-14)17-10-9-16(24(3)4)13-18(17)26-21;/h5-10,13,19-20,23,25H,11-12H2,1-4H3;1H/t19-,20?;/m0./s1. The molecule has 1 aliphatic heterocycles. The van der Waals surface area contributed by atoms with E-state index in [0.717, 1.165) is 29.0 Å². The molecule has 0 spiro atoms. The molecular formula is C21H28ClFN2O2. The molecule has 2 aromatic carbocycles. The van der Waals surface area contributed by atoms with Crippen LogP contribution in [0, 0.1) is 5.82 Å². The molecule has 0 bridgehead atoms. The summed E-state index contributed by atoms with van der Waals surface area (Å²) in [6.45, 7) is 4.48. The van der Waals surface area contributed by atoms with Gasteiger partial charge in [0.2, 0.25) is 0 Å². The zero-order chi connectivity index (χ0) is 18.9. The Morgan fingerprint density at radius 1 is 1.15 bits per heavy atom. The monoisotopic (exact) mass is 394 g/mol. The lowest BCUT2D eigenvalue weighted by atomic mass is 9.86. The van der Waals surface area contributed by atoms with Gasteiger partial charge in [0.05, 0.1) is 6.04 Å². The molecule has 0 radical (unpaired) electrons. The number of hydrogen-bond acceptors (Lipinski definition) is 4. The predicted molar refractivity (Wildman–Crippen MR) is 110 cm³/mol. The molecule has 6 heteroatoms. The second-order valence-electron chi connectivity index (χ2n) is 7.58. The first kappa shape index (κ1) is 21.5. The van der Waals surface area contributed by atoms with Gasteiger partial charge in [-0.05, 0) is 50.6 Å². The third kappa shape index (κ3) is 4.72. The number of aliphatic hydroxyl groups is 1. The van der Waals surface area contributed by atoms with E-state index in [-0.39, 0.29) is 24.3 Å². The molecule has 1 heterocycles. The molecule has 4 nitrogen and oxygen atoms in total. The summed E-state index contributed by atoms with van der Waals surface area (Å²) in [7, 11) is 3.98. The van der Waals surface area contributed by atoms with Crippen LogP contribution in [0.5, 0.6) is 5.75 Å². The Labute approximate surface area is 166 Å². The number of fused-ring (bicyclic) bond motifs is 1. The second kappa shape index (κ2) is 8.46. The fraction of sp³-hybridized carbons (Fsp3) is 0.429. The van der Waals surface area contributed by atoms with Gasteiger partial charge in [0.25, 0.3) is 0 Å². The molecule has 0 fully saturated rings. The smallest absolute Gasteiger partial charge is 0.131 e. The Morgan fingerprint density at radius 2 is 1.81 bits per heavy atom. The van der Waals surface area contributed by atoms with Gasteiger partial charge in [0.1, 0.15) is 23.3 Å². The fourth-order valence-corrected chi connectivity index (χ4v) is 3.31. The van der Waals surface area contributed by atoms with Crippen molar-refractivity contribution in [3.63, 3.8) is 0 Å². The van der Waals surface area contributed by atoms with Gasteiger partial charge in [-0.15, -0.1) is 12.4 Å². The highest BCUT2D eigenvalue weighted by atomic mass is 35.5. The van der Waals surface area contributed by atoms with E-state index in [4.69, 9.17) is 4.74 Å². The molecule has 2 atom stereocenters. The SMILES string of the molecule is CN(C)c1ccc2c(c1)OC(C)(C)C(O)[C@H]2NCCc1ccc(F)cc1.Cl. The van der Waals surface area contributed by atoms with Crippen molar-refractivity contribution in [2.75, 3.05) is 25.5 Å². The third-order valence-electron chi connectivity index (χ3n) is 4.94. The number of anilines is 1. The van der Waals surface area contributed by atoms with Gasteiger partial charge in [-0.1, -0.05) is 18.2 Å². The quantitative estimate of drug-likeness (QED) is 0.811. The maximum atomic E-state index is 13.0. The molecule has 1 aliphatic rings. The van der Waals surface area contributed by atoms with Crippen LogP contribution in [0.1, 0.15) is 31.0 Å². The summed E-state index contributed by atoms with van der Waals surface area (Å²) in [5.74, 6) is 0.569. The lowest BCUT2D eigenvalue weighted by Gasteiger charge is -2.42. The highest BCUT2D eigenvalue weighted by molar-refractivity contribution is 5.85. The van der Waals surface area contributed by atoms with Gasteiger partial charge in [0, 0.05) is 31.4 Å². The number of aliphatic hydroxyl groups excluding tert-OH is 1. The molecule has 2 N–H and O–H groups in total. The Hall–Kier alpha value is -1.82. The number of ether oxygens (including phenoxy) is 1. The van der Waals surface area contributed by atoms with E-state index in [1.807, 2.05) is 51.0 Å². The van der Waals surface area contributed by atoms with Crippen molar-refractivity contribution >= 4 is 18.1 Å². The average Bonchev–Trinajstić information content (AvgIpc) is 2.59. The number of nitrogens with zero attached hydrogens (tertiary/aromatic N) is 1. The summed E-state index contributed by atoms with van der Waals surface area (Å²) in [6, 6.07) is 12.4. The molecule has 3 rings (SSSR count). The minimum Gasteiger partial charge on any atom is -0.485 e. The lowest BCUT2D eigenvalue weighted by molar-refractivity contribution is -0.0643. The van der Waals surface area contributed by atoms with Crippen molar-refractivity contribution in [3.8, 4) is 5.75 Å². The van der Waals surface area contributed by atoms with Crippen molar-refractivity contribution in [1.82, 2.24) is 5.32 Å². The van der Waals surface area contributed by atoms with E-state index < -0.39 is 11.7 Å². The van der Waals surface area contributed by atoms with Crippen LogP contribution in [0.15, 0.2) is 42.5 Å². The largest absolute Gasteiger partial charge is 0.485 e. The topological polar surface area (TPSA) is 44.7 Å². The summed E-state index contributed by atoms with van der Waals surface area (Å²) in [5.41, 5.74) is 2.39. The van der Waals surface area contributed by atoms with E-state index in [0.29, 0.717) is 6.54 Å². The molecule has 0 amide bonds. The van der Waals surface area contributed by atoms with Crippen molar-refractivity contribution in [2.45, 2.75) is 38.0 Å². The second-order valence-corrected chi connectivity index (χ2v) is 7.58. The zero-order valence-corrected chi connectivity index (χ0v) is 17.0. The van der Waals surface area contributed by atoms with Gasteiger partial charge in [-0.3, -0.25) is 0 Å². The summed E-state index contributed by atoms with van der Waals surface area (Å²) in [5, 5.41) is 14.3. The van der Waals surface area contributed by atoms with Crippen LogP contribution in [-0.2, 0) is 6.42 Å². The molecule has 0 aliphatic carbocycles. The van der Waals surface area contributed by atoms with Gasteiger partial charge in [-0.25, -0.2) is 4.39 Å². The van der Waals surface area contributed by atoms with Crippen LogP contribution in [0.4, 0.5) is 10.1 Å². The van der Waals surface area contributed by atoms with E-state index in [2.05, 4.69) is 5.32 Å². The number of nitrogens with one attached hydrogen (secondary N) is 1. The van der Waals surface area contributed by atoms with E-state index in [1.54, 1.807) is 12.1 Å². The number of hydrogen-bond donors (Lipinski definition) is 2. The minimum absolute atomic E-state index is 0. The Kier molecular flexibility index (Phi) is 6.73. The predicted octanol–water partition coefficient (Wildman–Crippen LogP) is 3.72. The zero-order valence-electron chi connectivity index (χ0n) is 16.2. The molecule has 0 saturated carbocycles. The normalized spacial score (nSPS) is 20.2. The highest BCUT2D eigenvalue weighted by Gasteiger charge is 2.42. The summed E-state index contributed by atoms with van der Waals surface area (Å²) < 4.78 is 19.1.